The molecule has 0 aliphatic heterocycles. The summed E-state index contributed by atoms with van der Waals surface area (Å²) in [6, 6.07) is 10.8. The van der Waals surface area contributed by atoms with Crippen molar-refractivity contribution in [1.29, 1.82) is 0 Å². The van der Waals surface area contributed by atoms with Crippen LogP contribution in [-0.2, 0) is 16.0 Å². The van der Waals surface area contributed by atoms with Crippen LogP contribution < -0.4 is 14.2 Å². The van der Waals surface area contributed by atoms with Crippen molar-refractivity contribution < 1.29 is 28.8 Å². The summed E-state index contributed by atoms with van der Waals surface area (Å²) in [7, 11) is 0. The molecule has 0 fully saturated rings. The Kier molecular flexibility index (Phi) is 11.2. The Balaban J connectivity index is 1.94. The molecule has 6 nitrogen and oxygen atoms in total. The van der Waals surface area contributed by atoms with Gasteiger partial charge in [-0.2, -0.15) is 0 Å². The highest BCUT2D eigenvalue weighted by molar-refractivity contribution is 6.32. The monoisotopic (exact) mass is 472 g/mol. The van der Waals surface area contributed by atoms with Gasteiger partial charge in [0.15, 0.2) is 6.10 Å². The molecule has 0 unspecified atom stereocenters. The van der Waals surface area contributed by atoms with E-state index in [2.05, 4.69) is 11.8 Å². The number of hydrogen-bond acceptors (Lipinski definition) is 5. The minimum absolute atomic E-state index is 0.230. The Morgan fingerprint density at radius 2 is 1.73 bits per heavy atom. The molecular formula is C26H29ClO6. The molecule has 0 saturated carbocycles. The second kappa shape index (κ2) is 14.1. The van der Waals surface area contributed by atoms with Gasteiger partial charge in [-0.1, -0.05) is 29.5 Å². The van der Waals surface area contributed by atoms with E-state index < -0.39 is 12.1 Å². The fourth-order valence-corrected chi connectivity index (χ4v) is 3.19. The summed E-state index contributed by atoms with van der Waals surface area (Å²) in [5, 5.41) is 9.62. The molecule has 0 amide bonds. The molecule has 176 valence electrons. The number of aliphatic carboxylic acids is 1. The number of ether oxygens (including phenoxy) is 4. The smallest absolute Gasteiger partial charge is 0.333 e. The molecule has 0 aliphatic carbocycles. The molecule has 2 rings (SSSR count). The number of halogens is 1. The normalized spacial score (nSPS) is 11.5. The zero-order valence-electron chi connectivity index (χ0n) is 19.1. The largest absolute Gasteiger partial charge is 0.494 e. The van der Waals surface area contributed by atoms with E-state index in [-0.39, 0.29) is 13.0 Å². The van der Waals surface area contributed by atoms with Crippen LogP contribution >= 0.6 is 11.6 Å². The quantitative estimate of drug-likeness (QED) is 0.430. The Morgan fingerprint density at radius 1 is 1.03 bits per heavy atom. The molecule has 0 aromatic heterocycles. The summed E-state index contributed by atoms with van der Waals surface area (Å²) >= 11 is 6.28. The number of rotatable bonds is 12. The van der Waals surface area contributed by atoms with Gasteiger partial charge in [0.2, 0.25) is 0 Å². The minimum Gasteiger partial charge on any atom is -0.494 e. The molecule has 2 aromatic carbocycles. The van der Waals surface area contributed by atoms with Crippen LogP contribution in [0.1, 0.15) is 31.9 Å². The maximum absolute atomic E-state index is 11.2. The SMILES string of the molecule is CCOc1cc(C#CC=CCOc2ccc(C[C@H](OCC)C(=O)O)cc2Cl)cc(OCC)c1. The topological polar surface area (TPSA) is 74.2 Å². The van der Waals surface area contributed by atoms with Gasteiger partial charge < -0.3 is 24.1 Å². The summed E-state index contributed by atoms with van der Waals surface area (Å²) in [4.78, 5) is 11.2. The maximum atomic E-state index is 11.2. The second-order valence-electron chi connectivity index (χ2n) is 6.79. The minimum atomic E-state index is -1.00. The molecule has 7 heteroatoms. The second-order valence-corrected chi connectivity index (χ2v) is 7.20. The van der Waals surface area contributed by atoms with Gasteiger partial charge in [-0.15, -0.1) is 0 Å². The first-order valence-electron chi connectivity index (χ1n) is 10.8. The molecule has 33 heavy (non-hydrogen) atoms. The van der Waals surface area contributed by atoms with E-state index in [1.54, 1.807) is 37.3 Å². The first kappa shape index (κ1) is 26.1. The van der Waals surface area contributed by atoms with Crippen molar-refractivity contribution in [2.24, 2.45) is 0 Å². The van der Waals surface area contributed by atoms with Crippen molar-refractivity contribution in [1.82, 2.24) is 0 Å². The van der Waals surface area contributed by atoms with E-state index >= 15 is 0 Å². The fraction of sp³-hybridized carbons (Fsp3) is 0.346. The predicted octanol–water partition coefficient (Wildman–Crippen LogP) is 5.16. The molecule has 0 aliphatic rings. The first-order valence-corrected chi connectivity index (χ1v) is 11.2. The number of hydrogen-bond donors (Lipinski definition) is 1. The van der Waals surface area contributed by atoms with Gasteiger partial charge in [-0.05, 0) is 62.8 Å². The zero-order valence-corrected chi connectivity index (χ0v) is 19.9. The van der Waals surface area contributed by atoms with Crippen molar-refractivity contribution in [2.75, 3.05) is 26.4 Å². The van der Waals surface area contributed by atoms with Crippen LogP contribution in [0, 0.1) is 11.8 Å². The van der Waals surface area contributed by atoms with Crippen molar-refractivity contribution in [3.63, 3.8) is 0 Å². The number of carbonyl (C=O) groups is 1. The van der Waals surface area contributed by atoms with E-state index in [1.165, 1.54) is 0 Å². The molecule has 0 spiro atoms. The third kappa shape index (κ3) is 9.09. The number of benzene rings is 2. The molecule has 0 saturated heterocycles. The van der Waals surface area contributed by atoms with E-state index in [9.17, 15) is 9.90 Å². The third-order valence-electron chi connectivity index (χ3n) is 4.32. The van der Waals surface area contributed by atoms with Gasteiger partial charge in [0.05, 0.1) is 18.2 Å². The lowest BCUT2D eigenvalue weighted by Gasteiger charge is -2.13. The summed E-state index contributed by atoms with van der Waals surface area (Å²) in [5.74, 6) is 6.97. The van der Waals surface area contributed by atoms with Crippen molar-refractivity contribution in [3.05, 3.63) is 64.7 Å². The highest BCUT2D eigenvalue weighted by Gasteiger charge is 2.18. The first-order chi connectivity index (χ1) is 16.0. The van der Waals surface area contributed by atoms with Crippen LogP contribution in [0.4, 0.5) is 0 Å². The molecule has 0 heterocycles. The number of carboxylic acids is 1. The van der Waals surface area contributed by atoms with E-state index in [0.717, 1.165) is 11.1 Å². The molecular weight excluding hydrogens is 444 g/mol. The summed E-state index contributed by atoms with van der Waals surface area (Å²) in [6.45, 7) is 7.35. The number of carboxylic acid groups (broad SMARTS) is 1. The summed E-state index contributed by atoms with van der Waals surface area (Å²) < 4.78 is 22.0. The molecule has 0 radical (unpaired) electrons. The van der Waals surface area contributed by atoms with E-state index in [0.29, 0.717) is 42.1 Å². The Bertz CT molecular complexity index is 981. The lowest BCUT2D eigenvalue weighted by molar-refractivity contribution is -0.149. The highest BCUT2D eigenvalue weighted by atomic mass is 35.5. The highest BCUT2D eigenvalue weighted by Crippen LogP contribution is 2.26. The molecule has 0 bridgehead atoms. The third-order valence-corrected chi connectivity index (χ3v) is 4.61. The molecule has 2 aromatic rings. The average Bonchev–Trinajstić information content (AvgIpc) is 2.77. The fourth-order valence-electron chi connectivity index (χ4n) is 2.93. The van der Waals surface area contributed by atoms with Crippen molar-refractivity contribution >= 4 is 17.6 Å². The standard InChI is InChI=1S/C26H29ClO6/c1-4-30-21-14-19(15-22(18-21)31-5-2)10-8-7-9-13-33-24-12-11-20(16-23(24)27)17-25(26(28)29)32-6-3/h7,9,11-12,14-16,18,25H,4-6,13,17H2,1-3H3,(H,28,29)/t25-/m0/s1. The zero-order chi connectivity index (χ0) is 24.1. The molecule has 1 atom stereocenters. The van der Waals surface area contributed by atoms with Gasteiger partial charge in [0, 0.05) is 24.7 Å². The lowest BCUT2D eigenvalue weighted by Crippen LogP contribution is -2.26. The van der Waals surface area contributed by atoms with Gasteiger partial charge >= 0.3 is 5.97 Å². The van der Waals surface area contributed by atoms with Crippen molar-refractivity contribution in [3.8, 4) is 29.1 Å². The molecule has 1 N–H and O–H groups in total. The predicted molar refractivity (Wildman–Crippen MR) is 128 cm³/mol. The van der Waals surface area contributed by atoms with Crippen LogP contribution in [-0.4, -0.2) is 43.6 Å². The summed E-state index contributed by atoms with van der Waals surface area (Å²) in [5.41, 5.74) is 1.55. The Morgan fingerprint density at radius 3 is 2.30 bits per heavy atom. The van der Waals surface area contributed by atoms with Gasteiger partial charge in [0.1, 0.15) is 23.9 Å². The Hall–Kier alpha value is -3.14. The van der Waals surface area contributed by atoms with Crippen LogP contribution in [0.2, 0.25) is 5.02 Å². The lowest BCUT2D eigenvalue weighted by atomic mass is 10.1. The van der Waals surface area contributed by atoms with Crippen LogP contribution in [0.5, 0.6) is 17.2 Å². The van der Waals surface area contributed by atoms with Crippen molar-refractivity contribution in [2.45, 2.75) is 33.3 Å². The summed E-state index contributed by atoms with van der Waals surface area (Å²) in [6.07, 6.45) is 2.81. The van der Waals surface area contributed by atoms with Crippen LogP contribution in [0.15, 0.2) is 48.6 Å². The van der Waals surface area contributed by atoms with E-state index in [1.807, 2.05) is 32.0 Å². The maximum Gasteiger partial charge on any atom is 0.333 e. The number of allylic oxidation sites excluding steroid dienone is 1. The van der Waals surface area contributed by atoms with Crippen LogP contribution in [0.3, 0.4) is 0 Å². The van der Waals surface area contributed by atoms with Crippen LogP contribution in [0.25, 0.3) is 0 Å². The van der Waals surface area contributed by atoms with Gasteiger partial charge in [-0.25, -0.2) is 4.79 Å². The Labute approximate surface area is 200 Å². The average molecular weight is 473 g/mol. The van der Waals surface area contributed by atoms with Gasteiger partial charge in [0.25, 0.3) is 0 Å². The van der Waals surface area contributed by atoms with E-state index in [4.69, 9.17) is 30.5 Å². The van der Waals surface area contributed by atoms with Gasteiger partial charge in [-0.3, -0.25) is 0 Å².